The number of pyridine rings is 1. The summed E-state index contributed by atoms with van der Waals surface area (Å²) in [5.74, 6) is -0.222. The van der Waals surface area contributed by atoms with Crippen LogP contribution in [0.4, 0.5) is 0 Å². The Morgan fingerprint density at radius 1 is 0.976 bits per heavy atom. The first-order valence-electron chi connectivity index (χ1n) is 13.8. The maximum atomic E-state index is 13.2. The van der Waals surface area contributed by atoms with Gasteiger partial charge in [-0.25, -0.2) is 4.79 Å². The third kappa shape index (κ3) is 11.4. The summed E-state index contributed by atoms with van der Waals surface area (Å²) in [6.07, 6.45) is 6.41. The van der Waals surface area contributed by atoms with Gasteiger partial charge in [-0.3, -0.25) is 19.5 Å². The minimum absolute atomic E-state index is 0.0164. The number of carboxylic acid groups (broad SMARTS) is 1. The average molecular weight is 597 g/mol. The van der Waals surface area contributed by atoms with E-state index in [-0.39, 0.29) is 30.2 Å². The molecule has 0 spiro atoms. The molecule has 2 aromatic carbocycles. The number of aliphatic carboxylic acids is 1. The average Bonchev–Trinajstić information content (AvgIpc) is 2.94. The molecule has 2 amide bonds. The number of benzene rings is 2. The molecule has 0 unspecified atom stereocenters. The molecule has 10 heteroatoms. The van der Waals surface area contributed by atoms with Crippen molar-refractivity contribution in [3.05, 3.63) is 72.6 Å². The molecule has 220 valence electrons. The zero-order valence-electron chi connectivity index (χ0n) is 23.9. The van der Waals surface area contributed by atoms with Gasteiger partial charge in [-0.15, -0.1) is 11.8 Å². The first kappa shape index (κ1) is 32.4. The number of nitrogens with zero attached hydrogens (tertiary/aromatic N) is 2. The van der Waals surface area contributed by atoms with Crippen LogP contribution in [0.15, 0.2) is 71.9 Å². The molecule has 1 heterocycles. The second kappa shape index (κ2) is 17.0. The molecule has 3 rings (SSSR count). The standard InChI is InChI=1S/C31H40N4O4S2/c1-22(2)17-25(33-30(37)21-41-26-11-14-32-15-12-26)19-35(20-29(36)34-28(31(38)39)13-16-40-3)18-24-9-6-8-23-7-4-5-10-27(23)24/h4-12,14-15,22,25,28H,13,16-21H2,1-3H3,(H,33,37)(H,34,36)(H,38,39)/t25-,28-/m0/s1. The molecule has 41 heavy (non-hydrogen) atoms. The molecular weight excluding hydrogens is 556 g/mol. The summed E-state index contributed by atoms with van der Waals surface area (Å²) in [6, 6.07) is 16.8. The van der Waals surface area contributed by atoms with Crippen molar-refractivity contribution in [1.82, 2.24) is 20.5 Å². The molecule has 0 aliphatic carbocycles. The van der Waals surface area contributed by atoms with Gasteiger partial charge < -0.3 is 15.7 Å². The van der Waals surface area contributed by atoms with E-state index in [1.165, 1.54) is 11.8 Å². The summed E-state index contributed by atoms with van der Waals surface area (Å²) in [7, 11) is 0. The van der Waals surface area contributed by atoms with E-state index in [0.717, 1.165) is 27.7 Å². The van der Waals surface area contributed by atoms with Crippen molar-refractivity contribution in [2.45, 2.75) is 50.2 Å². The van der Waals surface area contributed by atoms with Gasteiger partial charge in [0, 0.05) is 36.4 Å². The fourth-order valence-corrected chi connectivity index (χ4v) is 5.87. The van der Waals surface area contributed by atoms with E-state index >= 15 is 0 Å². The summed E-state index contributed by atoms with van der Waals surface area (Å²) >= 11 is 3.00. The Morgan fingerprint density at radius 2 is 1.71 bits per heavy atom. The van der Waals surface area contributed by atoms with Gasteiger partial charge in [0.1, 0.15) is 6.04 Å². The summed E-state index contributed by atoms with van der Waals surface area (Å²) in [6.45, 7) is 5.16. The van der Waals surface area contributed by atoms with E-state index in [1.807, 2.05) is 47.6 Å². The van der Waals surface area contributed by atoms with Gasteiger partial charge in [0.05, 0.1) is 12.3 Å². The first-order valence-corrected chi connectivity index (χ1v) is 16.1. The van der Waals surface area contributed by atoms with E-state index < -0.39 is 12.0 Å². The number of thioether (sulfide) groups is 2. The molecule has 0 fully saturated rings. The number of aromatic nitrogens is 1. The molecule has 8 nitrogen and oxygen atoms in total. The van der Waals surface area contributed by atoms with Crippen LogP contribution in [-0.2, 0) is 20.9 Å². The lowest BCUT2D eigenvalue weighted by molar-refractivity contribution is -0.142. The van der Waals surface area contributed by atoms with Gasteiger partial charge in [0.15, 0.2) is 0 Å². The van der Waals surface area contributed by atoms with Crippen LogP contribution in [0.3, 0.4) is 0 Å². The Bertz CT molecular complexity index is 1270. The second-order valence-corrected chi connectivity index (χ2v) is 12.4. The van der Waals surface area contributed by atoms with Crippen LogP contribution in [0.5, 0.6) is 0 Å². The molecule has 1 aromatic heterocycles. The molecule has 0 saturated heterocycles. The largest absolute Gasteiger partial charge is 0.480 e. The van der Waals surface area contributed by atoms with E-state index in [2.05, 4.69) is 47.7 Å². The highest BCUT2D eigenvalue weighted by molar-refractivity contribution is 8.00. The Kier molecular flexibility index (Phi) is 13.5. The minimum atomic E-state index is -1.04. The van der Waals surface area contributed by atoms with Crippen LogP contribution in [-0.4, -0.2) is 75.7 Å². The molecule has 3 N–H and O–H groups in total. The highest BCUT2D eigenvalue weighted by atomic mass is 32.2. The van der Waals surface area contributed by atoms with Crippen LogP contribution in [0.1, 0.15) is 32.3 Å². The van der Waals surface area contributed by atoms with E-state index in [4.69, 9.17) is 0 Å². The smallest absolute Gasteiger partial charge is 0.326 e. The molecule has 0 aliphatic rings. The lowest BCUT2D eigenvalue weighted by atomic mass is 10.0. The molecule has 0 bridgehead atoms. The lowest BCUT2D eigenvalue weighted by Gasteiger charge is -2.29. The van der Waals surface area contributed by atoms with Crippen molar-refractivity contribution < 1.29 is 19.5 Å². The first-order chi connectivity index (χ1) is 19.7. The third-order valence-corrected chi connectivity index (χ3v) is 8.16. The molecule has 0 aliphatic heterocycles. The van der Waals surface area contributed by atoms with Gasteiger partial charge in [-0.1, -0.05) is 56.3 Å². The zero-order chi connectivity index (χ0) is 29.6. The van der Waals surface area contributed by atoms with E-state index in [1.54, 1.807) is 24.2 Å². The second-order valence-electron chi connectivity index (χ2n) is 10.4. The number of hydrogen-bond acceptors (Lipinski definition) is 7. The predicted octanol–water partition coefficient (Wildman–Crippen LogP) is 4.68. The number of carbonyl (C=O) groups is 3. The molecule has 0 radical (unpaired) electrons. The maximum absolute atomic E-state index is 13.2. The topological polar surface area (TPSA) is 112 Å². The van der Waals surface area contributed by atoms with Crippen molar-refractivity contribution in [3.8, 4) is 0 Å². The van der Waals surface area contributed by atoms with Gasteiger partial charge in [-0.2, -0.15) is 11.8 Å². The molecule has 3 aromatic rings. The molecule has 2 atom stereocenters. The lowest BCUT2D eigenvalue weighted by Crippen LogP contribution is -2.49. The predicted molar refractivity (Wildman–Crippen MR) is 168 cm³/mol. The summed E-state index contributed by atoms with van der Waals surface area (Å²) < 4.78 is 0. The third-order valence-electron chi connectivity index (χ3n) is 6.50. The van der Waals surface area contributed by atoms with Gasteiger partial charge in [-0.05, 0) is 59.2 Å². The van der Waals surface area contributed by atoms with Gasteiger partial charge in [0.2, 0.25) is 11.8 Å². The summed E-state index contributed by atoms with van der Waals surface area (Å²) in [5, 5.41) is 17.7. The van der Waals surface area contributed by atoms with Crippen molar-refractivity contribution in [2.75, 3.05) is 30.9 Å². The van der Waals surface area contributed by atoms with E-state index in [9.17, 15) is 19.5 Å². The minimum Gasteiger partial charge on any atom is -0.480 e. The Labute approximate surface area is 251 Å². The van der Waals surface area contributed by atoms with Crippen molar-refractivity contribution >= 4 is 52.1 Å². The number of fused-ring (bicyclic) bond motifs is 1. The van der Waals surface area contributed by atoms with E-state index in [0.29, 0.717) is 31.2 Å². The number of rotatable bonds is 17. The highest BCUT2D eigenvalue weighted by Crippen LogP contribution is 2.21. The van der Waals surface area contributed by atoms with Crippen LogP contribution in [0.2, 0.25) is 0 Å². The van der Waals surface area contributed by atoms with Crippen LogP contribution < -0.4 is 10.6 Å². The normalized spacial score (nSPS) is 12.8. The van der Waals surface area contributed by atoms with Crippen molar-refractivity contribution in [3.63, 3.8) is 0 Å². The van der Waals surface area contributed by atoms with Crippen molar-refractivity contribution in [1.29, 1.82) is 0 Å². The number of carbonyl (C=O) groups excluding carboxylic acids is 2. The monoisotopic (exact) mass is 596 g/mol. The number of amides is 2. The van der Waals surface area contributed by atoms with Crippen LogP contribution in [0.25, 0.3) is 10.8 Å². The van der Waals surface area contributed by atoms with Gasteiger partial charge >= 0.3 is 5.97 Å². The maximum Gasteiger partial charge on any atom is 0.326 e. The van der Waals surface area contributed by atoms with Crippen molar-refractivity contribution in [2.24, 2.45) is 5.92 Å². The fraction of sp³-hybridized carbons (Fsp3) is 0.419. The number of hydrogen-bond donors (Lipinski definition) is 3. The van der Waals surface area contributed by atoms with Gasteiger partial charge in [0.25, 0.3) is 0 Å². The summed E-state index contributed by atoms with van der Waals surface area (Å²) in [5.41, 5.74) is 1.07. The molecular formula is C31H40N4O4S2. The SMILES string of the molecule is CSCC[C@H](NC(=O)CN(Cc1cccc2ccccc12)C[C@H](CC(C)C)NC(=O)CSc1ccncc1)C(=O)O. The molecule has 0 saturated carbocycles. The summed E-state index contributed by atoms with van der Waals surface area (Å²) in [4.78, 5) is 44.9. The Hall–Kier alpha value is -3.08. The number of carboxylic acids is 1. The highest BCUT2D eigenvalue weighted by Gasteiger charge is 2.24. The zero-order valence-corrected chi connectivity index (χ0v) is 25.5. The Balaban J connectivity index is 1.77. The Morgan fingerprint density at radius 3 is 2.41 bits per heavy atom. The number of nitrogens with one attached hydrogen (secondary N) is 2. The fourth-order valence-electron chi connectivity index (χ4n) is 4.70. The quantitative estimate of drug-likeness (QED) is 0.193. The van der Waals surface area contributed by atoms with Crippen LogP contribution in [0, 0.1) is 5.92 Å². The van der Waals surface area contributed by atoms with Crippen LogP contribution >= 0.6 is 23.5 Å².